The van der Waals surface area contributed by atoms with E-state index in [0.29, 0.717) is 15.7 Å². The summed E-state index contributed by atoms with van der Waals surface area (Å²) in [6.07, 6.45) is 1.68. The number of benzene rings is 1. The van der Waals surface area contributed by atoms with Crippen LogP contribution in [0.4, 0.5) is 0 Å². The molecule has 0 amide bonds. The summed E-state index contributed by atoms with van der Waals surface area (Å²) < 4.78 is 4.61. The number of carbonyl (C=O) groups excluding carboxylic acids is 1. The second-order valence-corrected chi connectivity index (χ2v) is 4.26. The number of hydrogen-bond acceptors (Lipinski definition) is 2. The van der Waals surface area contributed by atoms with Gasteiger partial charge in [0.15, 0.2) is 0 Å². The molecule has 0 aliphatic heterocycles. The number of esters is 1. The number of halogens is 2. The minimum absolute atomic E-state index is 0.374. The number of H-pyrrole nitrogens is 1. The van der Waals surface area contributed by atoms with Gasteiger partial charge < -0.3 is 9.72 Å². The molecule has 17 heavy (non-hydrogen) atoms. The summed E-state index contributed by atoms with van der Waals surface area (Å²) in [4.78, 5) is 14.1. The highest BCUT2D eigenvalue weighted by Gasteiger charge is 2.11. The van der Waals surface area contributed by atoms with Crippen LogP contribution in [0.5, 0.6) is 0 Å². The van der Waals surface area contributed by atoms with E-state index in [9.17, 15) is 4.79 Å². The zero-order valence-corrected chi connectivity index (χ0v) is 10.5. The van der Waals surface area contributed by atoms with Crippen molar-refractivity contribution in [3.8, 4) is 11.1 Å². The van der Waals surface area contributed by atoms with Crippen LogP contribution in [-0.4, -0.2) is 18.1 Å². The van der Waals surface area contributed by atoms with Crippen LogP contribution in [0.15, 0.2) is 30.5 Å². The fraction of sp³-hybridized carbons (Fsp3) is 0.0833. The summed E-state index contributed by atoms with van der Waals surface area (Å²) >= 11 is 12.0. The quantitative estimate of drug-likeness (QED) is 0.844. The number of hydrogen-bond donors (Lipinski definition) is 1. The molecule has 0 atom stereocenters. The molecular weight excluding hydrogens is 261 g/mol. The first kappa shape index (κ1) is 12.0. The van der Waals surface area contributed by atoms with E-state index in [0.717, 1.165) is 11.1 Å². The SMILES string of the molecule is COC(=O)c1cc(-c2cc(Cl)ccc2Cl)c[nH]1. The first-order chi connectivity index (χ1) is 8.11. The minimum Gasteiger partial charge on any atom is -0.464 e. The Morgan fingerprint density at radius 1 is 1.29 bits per heavy atom. The van der Waals surface area contributed by atoms with Gasteiger partial charge in [-0.1, -0.05) is 23.2 Å². The van der Waals surface area contributed by atoms with Crippen LogP contribution in [0.2, 0.25) is 10.0 Å². The van der Waals surface area contributed by atoms with Crippen molar-refractivity contribution in [3.63, 3.8) is 0 Å². The zero-order chi connectivity index (χ0) is 12.4. The van der Waals surface area contributed by atoms with Crippen molar-refractivity contribution >= 4 is 29.2 Å². The number of rotatable bonds is 2. The molecule has 0 saturated carbocycles. The molecule has 0 unspecified atom stereocenters. The number of methoxy groups -OCH3 is 1. The standard InChI is InChI=1S/C12H9Cl2NO2/c1-17-12(16)11-4-7(6-15-11)9-5-8(13)2-3-10(9)14/h2-6,15H,1H3. The van der Waals surface area contributed by atoms with Gasteiger partial charge in [0, 0.05) is 27.4 Å². The first-order valence-corrected chi connectivity index (χ1v) is 5.59. The van der Waals surface area contributed by atoms with E-state index in [4.69, 9.17) is 23.2 Å². The van der Waals surface area contributed by atoms with Gasteiger partial charge in [-0.3, -0.25) is 0 Å². The molecule has 1 N–H and O–H groups in total. The Labute approximate surface area is 108 Å². The van der Waals surface area contributed by atoms with Gasteiger partial charge >= 0.3 is 5.97 Å². The molecule has 2 rings (SSSR count). The second kappa shape index (κ2) is 4.82. The molecule has 5 heteroatoms. The molecule has 88 valence electrons. The van der Waals surface area contributed by atoms with Crippen LogP contribution >= 0.6 is 23.2 Å². The summed E-state index contributed by atoms with van der Waals surface area (Å²) in [5, 5.41) is 1.16. The summed E-state index contributed by atoms with van der Waals surface area (Å²) in [5.74, 6) is -0.422. The van der Waals surface area contributed by atoms with E-state index in [-0.39, 0.29) is 0 Å². The maximum Gasteiger partial charge on any atom is 0.354 e. The predicted octanol–water partition coefficient (Wildman–Crippen LogP) is 3.78. The molecule has 0 spiro atoms. The van der Waals surface area contributed by atoms with E-state index >= 15 is 0 Å². The maximum absolute atomic E-state index is 11.3. The highest BCUT2D eigenvalue weighted by Crippen LogP contribution is 2.30. The molecular formula is C12H9Cl2NO2. The van der Waals surface area contributed by atoms with Gasteiger partial charge in [0.05, 0.1) is 7.11 Å². The molecule has 0 radical (unpaired) electrons. The van der Waals surface area contributed by atoms with Crippen LogP contribution in [-0.2, 0) is 4.74 Å². The smallest absolute Gasteiger partial charge is 0.354 e. The fourth-order valence-corrected chi connectivity index (χ4v) is 1.90. The molecule has 0 aliphatic rings. The Morgan fingerprint density at radius 2 is 2.06 bits per heavy atom. The van der Waals surface area contributed by atoms with Crippen LogP contribution in [0, 0.1) is 0 Å². The predicted molar refractivity (Wildman–Crippen MR) is 67.6 cm³/mol. The third kappa shape index (κ3) is 2.46. The van der Waals surface area contributed by atoms with Crippen molar-refractivity contribution in [1.82, 2.24) is 4.98 Å². The minimum atomic E-state index is -0.422. The number of aromatic nitrogens is 1. The second-order valence-electron chi connectivity index (χ2n) is 3.42. The number of carbonyl (C=O) groups is 1. The van der Waals surface area contributed by atoms with E-state index in [1.165, 1.54) is 7.11 Å². The number of aromatic amines is 1. The normalized spacial score (nSPS) is 10.3. The highest BCUT2D eigenvalue weighted by molar-refractivity contribution is 6.35. The van der Waals surface area contributed by atoms with Gasteiger partial charge in [-0.15, -0.1) is 0 Å². The van der Waals surface area contributed by atoms with E-state index in [2.05, 4.69) is 9.72 Å². The van der Waals surface area contributed by atoms with Gasteiger partial charge in [0.25, 0.3) is 0 Å². The number of nitrogens with one attached hydrogen (secondary N) is 1. The van der Waals surface area contributed by atoms with E-state index in [1.807, 2.05) is 0 Å². The Bertz CT molecular complexity index is 563. The topological polar surface area (TPSA) is 42.1 Å². The Kier molecular flexibility index (Phi) is 3.41. The molecule has 1 heterocycles. The van der Waals surface area contributed by atoms with Gasteiger partial charge in [0.2, 0.25) is 0 Å². The molecule has 3 nitrogen and oxygen atoms in total. The third-order valence-electron chi connectivity index (χ3n) is 2.33. The van der Waals surface area contributed by atoms with Crippen molar-refractivity contribution in [2.24, 2.45) is 0 Å². The van der Waals surface area contributed by atoms with Crippen LogP contribution < -0.4 is 0 Å². The molecule has 1 aromatic carbocycles. The van der Waals surface area contributed by atoms with Crippen molar-refractivity contribution in [2.75, 3.05) is 7.11 Å². The monoisotopic (exact) mass is 269 g/mol. The lowest BCUT2D eigenvalue weighted by atomic mass is 10.1. The van der Waals surface area contributed by atoms with Crippen LogP contribution in [0.25, 0.3) is 11.1 Å². The van der Waals surface area contributed by atoms with Crippen LogP contribution in [0.3, 0.4) is 0 Å². The highest BCUT2D eigenvalue weighted by atomic mass is 35.5. The molecule has 1 aromatic heterocycles. The average molecular weight is 270 g/mol. The lowest BCUT2D eigenvalue weighted by Gasteiger charge is -2.01. The molecule has 0 bridgehead atoms. The largest absolute Gasteiger partial charge is 0.464 e. The average Bonchev–Trinajstić information content (AvgIpc) is 2.80. The maximum atomic E-state index is 11.3. The Balaban J connectivity index is 2.43. The Morgan fingerprint density at radius 3 is 2.76 bits per heavy atom. The first-order valence-electron chi connectivity index (χ1n) is 4.84. The van der Waals surface area contributed by atoms with Crippen LogP contribution in [0.1, 0.15) is 10.5 Å². The lowest BCUT2D eigenvalue weighted by molar-refractivity contribution is 0.0595. The van der Waals surface area contributed by atoms with Crippen molar-refractivity contribution in [1.29, 1.82) is 0 Å². The van der Waals surface area contributed by atoms with Gasteiger partial charge in [-0.25, -0.2) is 4.79 Å². The summed E-state index contributed by atoms with van der Waals surface area (Å²) in [7, 11) is 1.33. The summed E-state index contributed by atoms with van der Waals surface area (Å²) in [6, 6.07) is 6.84. The third-order valence-corrected chi connectivity index (χ3v) is 2.89. The molecule has 0 fully saturated rings. The molecule has 0 saturated heterocycles. The zero-order valence-electron chi connectivity index (χ0n) is 8.96. The van der Waals surface area contributed by atoms with E-state index in [1.54, 1.807) is 30.5 Å². The number of ether oxygens (including phenoxy) is 1. The fourth-order valence-electron chi connectivity index (χ4n) is 1.50. The van der Waals surface area contributed by atoms with Gasteiger partial charge in [-0.2, -0.15) is 0 Å². The lowest BCUT2D eigenvalue weighted by Crippen LogP contribution is -2.00. The van der Waals surface area contributed by atoms with Gasteiger partial charge in [0.1, 0.15) is 5.69 Å². The summed E-state index contributed by atoms with van der Waals surface area (Å²) in [6.45, 7) is 0. The Hall–Kier alpha value is -1.45. The van der Waals surface area contributed by atoms with Crippen molar-refractivity contribution in [3.05, 3.63) is 46.2 Å². The van der Waals surface area contributed by atoms with Crippen molar-refractivity contribution in [2.45, 2.75) is 0 Å². The summed E-state index contributed by atoms with van der Waals surface area (Å²) in [5.41, 5.74) is 1.93. The van der Waals surface area contributed by atoms with Crippen molar-refractivity contribution < 1.29 is 9.53 Å². The molecule has 0 aliphatic carbocycles. The van der Waals surface area contributed by atoms with E-state index < -0.39 is 5.97 Å². The van der Waals surface area contributed by atoms with Gasteiger partial charge in [-0.05, 0) is 24.3 Å². The molecule has 2 aromatic rings.